The molecule has 0 spiro atoms. The highest BCUT2D eigenvalue weighted by Crippen LogP contribution is 2.22. The normalized spacial score (nSPS) is 11.2. The minimum Gasteiger partial charge on any atom is -0.348 e. The van der Waals surface area contributed by atoms with Crippen molar-refractivity contribution in [2.24, 2.45) is 0 Å². The summed E-state index contributed by atoms with van der Waals surface area (Å²) >= 11 is 1.54. The van der Waals surface area contributed by atoms with Crippen LogP contribution in [0.1, 0.15) is 27.6 Å². The van der Waals surface area contributed by atoms with Crippen LogP contribution in [-0.4, -0.2) is 30.7 Å². The van der Waals surface area contributed by atoms with Crippen LogP contribution in [0.2, 0.25) is 0 Å². The van der Waals surface area contributed by atoms with Gasteiger partial charge in [-0.3, -0.25) is 9.52 Å². The molecule has 0 aliphatic rings. The Kier molecular flexibility index (Phi) is 6.55. The van der Waals surface area contributed by atoms with E-state index in [-0.39, 0.29) is 12.5 Å². The third-order valence-corrected chi connectivity index (χ3v) is 5.34. The van der Waals surface area contributed by atoms with Crippen LogP contribution in [0.3, 0.4) is 0 Å². The molecule has 1 aromatic heterocycles. The van der Waals surface area contributed by atoms with Crippen molar-refractivity contribution in [3.8, 4) is 0 Å². The Hall–Kier alpha value is -2.85. The van der Waals surface area contributed by atoms with Crippen LogP contribution in [0, 0.1) is 6.92 Å². The monoisotopic (exact) mass is 432 g/mol. The fraction of sp³-hybridized carbons (Fsp3) is 0.211. The van der Waals surface area contributed by atoms with Gasteiger partial charge < -0.3 is 9.84 Å². The molecule has 2 aromatic carbocycles. The van der Waals surface area contributed by atoms with E-state index in [1.54, 1.807) is 37.3 Å². The average molecular weight is 433 g/mol. The van der Waals surface area contributed by atoms with Gasteiger partial charge in [0, 0.05) is 22.7 Å². The molecular formula is C19H20N4O4S2. The van der Waals surface area contributed by atoms with Crippen LogP contribution in [0.5, 0.6) is 0 Å². The molecular weight excluding hydrogens is 412 g/mol. The van der Waals surface area contributed by atoms with E-state index in [2.05, 4.69) is 20.2 Å². The number of hydrogen-bond donors (Lipinski definition) is 2. The number of carbonyl (C=O) groups excluding carboxylic acids is 1. The number of nitrogens with one attached hydrogen (secondary N) is 2. The summed E-state index contributed by atoms with van der Waals surface area (Å²) in [6, 6.07) is 14.1. The van der Waals surface area contributed by atoms with Gasteiger partial charge in [0.25, 0.3) is 5.91 Å². The van der Waals surface area contributed by atoms with E-state index >= 15 is 0 Å². The number of anilines is 1. The van der Waals surface area contributed by atoms with Crippen molar-refractivity contribution in [2.45, 2.75) is 24.1 Å². The van der Waals surface area contributed by atoms with Gasteiger partial charge in [-0.05, 0) is 48.9 Å². The van der Waals surface area contributed by atoms with Gasteiger partial charge in [0.1, 0.15) is 0 Å². The molecule has 0 fully saturated rings. The second-order valence-electron chi connectivity index (χ2n) is 6.31. The molecule has 3 aromatic rings. The SMILES string of the molecule is Cc1noc(CSc2ccc(C(=O)NCc3cccc(NS(C)(=O)=O)c3)cc2)n1. The Balaban J connectivity index is 1.53. The Morgan fingerprint density at radius 3 is 2.59 bits per heavy atom. The highest BCUT2D eigenvalue weighted by molar-refractivity contribution is 7.98. The Bertz CT molecular complexity index is 1100. The number of aromatic nitrogens is 2. The zero-order chi connectivity index (χ0) is 20.9. The molecule has 10 heteroatoms. The maximum absolute atomic E-state index is 12.4. The summed E-state index contributed by atoms with van der Waals surface area (Å²) in [5.41, 5.74) is 1.78. The Labute approximate surface area is 173 Å². The second-order valence-corrected chi connectivity index (χ2v) is 9.10. The van der Waals surface area contributed by atoms with Gasteiger partial charge in [-0.1, -0.05) is 17.3 Å². The minimum absolute atomic E-state index is 0.212. The first-order valence-corrected chi connectivity index (χ1v) is 11.5. The Morgan fingerprint density at radius 2 is 1.93 bits per heavy atom. The van der Waals surface area contributed by atoms with Crippen molar-refractivity contribution >= 4 is 33.4 Å². The third kappa shape index (κ3) is 6.61. The minimum atomic E-state index is -3.35. The van der Waals surface area contributed by atoms with Gasteiger partial charge in [-0.15, -0.1) is 11.8 Å². The molecule has 0 radical (unpaired) electrons. The number of hydrogen-bond acceptors (Lipinski definition) is 7. The van der Waals surface area contributed by atoms with Crippen LogP contribution in [0.15, 0.2) is 57.9 Å². The maximum atomic E-state index is 12.4. The molecule has 0 bridgehead atoms. The first kappa shape index (κ1) is 20.9. The third-order valence-electron chi connectivity index (χ3n) is 3.73. The van der Waals surface area contributed by atoms with Crippen LogP contribution in [0.25, 0.3) is 0 Å². The van der Waals surface area contributed by atoms with Gasteiger partial charge in [-0.25, -0.2) is 8.42 Å². The lowest BCUT2D eigenvalue weighted by atomic mass is 10.2. The Morgan fingerprint density at radius 1 is 1.17 bits per heavy atom. The molecule has 2 N–H and O–H groups in total. The summed E-state index contributed by atoms with van der Waals surface area (Å²) in [6.45, 7) is 2.05. The number of aryl methyl sites for hydroxylation is 1. The lowest BCUT2D eigenvalue weighted by Gasteiger charge is -2.09. The first-order chi connectivity index (χ1) is 13.8. The summed E-state index contributed by atoms with van der Waals surface area (Å²) in [4.78, 5) is 17.5. The molecule has 3 rings (SSSR count). The van der Waals surface area contributed by atoms with Crippen LogP contribution < -0.4 is 10.0 Å². The fourth-order valence-electron chi connectivity index (χ4n) is 2.49. The molecule has 29 heavy (non-hydrogen) atoms. The quantitative estimate of drug-likeness (QED) is 0.526. The number of carbonyl (C=O) groups is 1. The van der Waals surface area contributed by atoms with Gasteiger partial charge >= 0.3 is 0 Å². The topological polar surface area (TPSA) is 114 Å². The molecule has 0 saturated carbocycles. The van der Waals surface area contributed by atoms with E-state index in [0.29, 0.717) is 28.7 Å². The smallest absolute Gasteiger partial charge is 0.251 e. The zero-order valence-corrected chi connectivity index (χ0v) is 17.5. The predicted molar refractivity (Wildman–Crippen MR) is 111 cm³/mol. The van der Waals surface area contributed by atoms with E-state index in [9.17, 15) is 13.2 Å². The molecule has 0 unspecified atom stereocenters. The van der Waals surface area contributed by atoms with Crippen molar-refractivity contribution < 1.29 is 17.7 Å². The number of amides is 1. The number of benzene rings is 2. The van der Waals surface area contributed by atoms with Gasteiger partial charge in [0.2, 0.25) is 15.9 Å². The van der Waals surface area contributed by atoms with E-state index in [1.165, 1.54) is 11.8 Å². The van der Waals surface area contributed by atoms with Gasteiger partial charge in [-0.2, -0.15) is 4.98 Å². The molecule has 1 heterocycles. The lowest BCUT2D eigenvalue weighted by molar-refractivity contribution is 0.0951. The fourth-order valence-corrected chi connectivity index (χ4v) is 3.78. The lowest BCUT2D eigenvalue weighted by Crippen LogP contribution is -2.22. The summed E-state index contributed by atoms with van der Waals surface area (Å²) in [5, 5.41) is 6.58. The molecule has 0 aliphatic heterocycles. The molecule has 0 saturated heterocycles. The highest BCUT2D eigenvalue weighted by atomic mass is 32.2. The van der Waals surface area contributed by atoms with Gasteiger partial charge in [0.05, 0.1) is 12.0 Å². The first-order valence-electron chi connectivity index (χ1n) is 8.65. The number of nitrogens with zero attached hydrogens (tertiary/aromatic N) is 2. The van der Waals surface area contributed by atoms with Crippen molar-refractivity contribution in [2.75, 3.05) is 11.0 Å². The maximum Gasteiger partial charge on any atom is 0.251 e. The van der Waals surface area contributed by atoms with Gasteiger partial charge in [0.15, 0.2) is 5.82 Å². The van der Waals surface area contributed by atoms with E-state index < -0.39 is 10.0 Å². The van der Waals surface area contributed by atoms with Crippen LogP contribution in [0.4, 0.5) is 5.69 Å². The average Bonchev–Trinajstić information content (AvgIpc) is 3.09. The molecule has 0 atom stereocenters. The largest absolute Gasteiger partial charge is 0.348 e. The van der Waals surface area contributed by atoms with E-state index in [4.69, 9.17) is 4.52 Å². The summed E-state index contributed by atoms with van der Waals surface area (Å²) in [7, 11) is -3.35. The van der Waals surface area contributed by atoms with Crippen molar-refractivity contribution in [1.29, 1.82) is 0 Å². The van der Waals surface area contributed by atoms with Crippen molar-refractivity contribution in [3.05, 3.63) is 71.4 Å². The molecule has 1 amide bonds. The predicted octanol–water partition coefficient (Wildman–Crippen LogP) is 2.97. The summed E-state index contributed by atoms with van der Waals surface area (Å²) in [5.74, 6) is 1.51. The molecule has 0 aliphatic carbocycles. The van der Waals surface area contributed by atoms with Crippen LogP contribution >= 0.6 is 11.8 Å². The standard InChI is InChI=1S/C19H20N4O4S2/c1-13-21-18(27-22-13)12-28-17-8-6-15(7-9-17)19(24)20-11-14-4-3-5-16(10-14)23-29(2,25)26/h3-10,23H,11-12H2,1-2H3,(H,20,24). The van der Waals surface area contributed by atoms with E-state index in [0.717, 1.165) is 16.7 Å². The summed E-state index contributed by atoms with van der Waals surface area (Å²) in [6.07, 6.45) is 1.09. The zero-order valence-electron chi connectivity index (χ0n) is 15.9. The summed E-state index contributed by atoms with van der Waals surface area (Å²) < 4.78 is 30.1. The van der Waals surface area contributed by atoms with Crippen molar-refractivity contribution in [1.82, 2.24) is 15.5 Å². The van der Waals surface area contributed by atoms with Crippen LogP contribution in [-0.2, 0) is 22.3 Å². The number of sulfonamides is 1. The molecule has 152 valence electrons. The molecule has 8 nitrogen and oxygen atoms in total. The number of thioether (sulfide) groups is 1. The number of rotatable bonds is 8. The van der Waals surface area contributed by atoms with Crippen molar-refractivity contribution in [3.63, 3.8) is 0 Å². The second kappa shape index (κ2) is 9.10. The highest BCUT2D eigenvalue weighted by Gasteiger charge is 2.08. The van der Waals surface area contributed by atoms with E-state index in [1.807, 2.05) is 18.2 Å².